The van der Waals surface area contributed by atoms with Crippen molar-refractivity contribution in [3.8, 4) is 33.6 Å². The van der Waals surface area contributed by atoms with Crippen LogP contribution in [0.2, 0.25) is 29.4 Å². The Bertz CT molecular complexity index is 2140. The van der Waals surface area contributed by atoms with Crippen molar-refractivity contribution in [3.05, 3.63) is 70.5 Å². The van der Waals surface area contributed by atoms with Gasteiger partial charge in [-0.05, 0) is 41.8 Å². The zero-order valence-electron chi connectivity index (χ0n) is 34.1. The number of likely N-dealkylation sites (tertiary alicyclic amines) is 1. The van der Waals surface area contributed by atoms with E-state index in [0.717, 1.165) is 34.7 Å². The van der Waals surface area contributed by atoms with Gasteiger partial charge >= 0.3 is 12.2 Å². The lowest BCUT2D eigenvalue weighted by Gasteiger charge is -2.30. The van der Waals surface area contributed by atoms with Gasteiger partial charge in [0.05, 0.1) is 34.4 Å². The summed E-state index contributed by atoms with van der Waals surface area (Å²) >= 11 is 13.5. The van der Waals surface area contributed by atoms with Gasteiger partial charge in [0.25, 0.3) is 0 Å². The molecule has 0 aliphatic carbocycles. The SMILES string of the molecule is COC(=O)NC(C(=O)N1CCCC1c1nc(-c2ccc(-c3ccc(-c4nc(C5C[Si](C)(C)CN5C(=O)C(NC(=O)OC)C(C)C)[nH]c4Cl)cc3)cc2)c(Cl)[nH]1)C(C)C. The first-order valence-corrected chi connectivity index (χ1v) is 23.7. The van der Waals surface area contributed by atoms with Gasteiger partial charge in [-0.2, -0.15) is 0 Å². The van der Waals surface area contributed by atoms with E-state index in [1.54, 1.807) is 4.90 Å². The highest BCUT2D eigenvalue weighted by molar-refractivity contribution is 6.78. The molecule has 4 atom stereocenters. The molecule has 6 rings (SSSR count). The molecule has 4 N–H and O–H groups in total. The number of imidazole rings is 2. The molecule has 2 aromatic heterocycles. The number of nitrogens with one attached hydrogen (secondary N) is 4. The number of nitrogens with zero attached hydrogens (tertiary/aromatic N) is 4. The molecule has 4 heterocycles. The van der Waals surface area contributed by atoms with E-state index in [1.807, 2.05) is 81.1 Å². The van der Waals surface area contributed by atoms with Crippen LogP contribution in [0.5, 0.6) is 0 Å². The first kappa shape index (κ1) is 42.7. The number of methoxy groups -OCH3 is 2. The topological polar surface area (TPSA) is 175 Å². The van der Waals surface area contributed by atoms with Gasteiger partial charge in [0.1, 0.15) is 45.4 Å². The van der Waals surface area contributed by atoms with Crippen molar-refractivity contribution in [1.82, 2.24) is 40.4 Å². The molecule has 4 amide bonds. The summed E-state index contributed by atoms with van der Waals surface area (Å²) in [5.74, 6) is 0.577. The molecule has 0 spiro atoms. The van der Waals surface area contributed by atoms with Gasteiger partial charge in [0.2, 0.25) is 11.8 Å². The molecule has 17 heteroatoms. The molecule has 58 heavy (non-hydrogen) atoms. The smallest absolute Gasteiger partial charge is 0.407 e. The molecule has 0 radical (unpaired) electrons. The van der Waals surface area contributed by atoms with E-state index in [9.17, 15) is 19.2 Å². The van der Waals surface area contributed by atoms with Crippen LogP contribution < -0.4 is 10.6 Å². The number of H-pyrrole nitrogens is 2. The normalized spacial score (nSPS) is 18.7. The van der Waals surface area contributed by atoms with E-state index in [2.05, 4.69) is 33.7 Å². The summed E-state index contributed by atoms with van der Waals surface area (Å²) in [5, 5.41) is 6.16. The molecule has 2 aromatic carbocycles. The number of benzene rings is 2. The number of amides is 4. The Kier molecular flexibility index (Phi) is 12.9. The Morgan fingerprint density at radius 3 is 1.55 bits per heavy atom. The average molecular weight is 852 g/mol. The molecule has 2 fully saturated rings. The fourth-order valence-corrected chi connectivity index (χ4v) is 11.3. The zero-order valence-corrected chi connectivity index (χ0v) is 36.6. The second-order valence-electron chi connectivity index (χ2n) is 16.5. The monoisotopic (exact) mass is 850 g/mol. The minimum Gasteiger partial charge on any atom is -0.453 e. The molecular weight excluding hydrogens is 799 g/mol. The maximum absolute atomic E-state index is 13.9. The van der Waals surface area contributed by atoms with Crippen LogP contribution in [0.3, 0.4) is 0 Å². The number of alkyl carbamates (subject to hydrolysis) is 2. The average Bonchev–Trinajstić information content (AvgIpc) is 4.00. The fourth-order valence-electron chi connectivity index (χ4n) is 7.89. The van der Waals surface area contributed by atoms with Crippen LogP contribution in [0.4, 0.5) is 9.59 Å². The van der Waals surface area contributed by atoms with Crippen LogP contribution in [-0.4, -0.2) is 101 Å². The van der Waals surface area contributed by atoms with E-state index in [0.29, 0.717) is 52.5 Å². The summed E-state index contributed by atoms with van der Waals surface area (Å²) in [7, 11) is 0.745. The lowest BCUT2D eigenvalue weighted by molar-refractivity contribution is -0.136. The lowest BCUT2D eigenvalue weighted by atomic mass is 10.0. The number of ether oxygens (including phenoxy) is 2. The third-order valence-corrected chi connectivity index (χ3v) is 14.2. The Balaban J connectivity index is 1.17. The van der Waals surface area contributed by atoms with Crippen LogP contribution in [-0.2, 0) is 19.1 Å². The van der Waals surface area contributed by atoms with E-state index in [4.69, 9.17) is 42.6 Å². The van der Waals surface area contributed by atoms with Crippen LogP contribution in [0, 0.1) is 11.8 Å². The summed E-state index contributed by atoms with van der Waals surface area (Å²) in [6.07, 6.45) is 0.847. The van der Waals surface area contributed by atoms with Crippen molar-refractivity contribution in [2.45, 2.75) is 83.8 Å². The molecule has 310 valence electrons. The molecule has 2 aliphatic heterocycles. The van der Waals surface area contributed by atoms with Crippen molar-refractivity contribution in [2.75, 3.05) is 26.9 Å². The maximum Gasteiger partial charge on any atom is 0.407 e. The second kappa shape index (κ2) is 17.6. The van der Waals surface area contributed by atoms with Gasteiger partial charge in [-0.1, -0.05) is 113 Å². The van der Waals surface area contributed by atoms with Gasteiger partial charge in [0, 0.05) is 23.8 Å². The van der Waals surface area contributed by atoms with E-state index in [1.165, 1.54) is 14.2 Å². The van der Waals surface area contributed by atoms with E-state index < -0.39 is 32.3 Å². The van der Waals surface area contributed by atoms with Crippen LogP contribution in [0.15, 0.2) is 48.5 Å². The number of aromatic nitrogens is 4. The summed E-state index contributed by atoms with van der Waals surface area (Å²) in [4.78, 5) is 71.4. The first-order chi connectivity index (χ1) is 27.5. The van der Waals surface area contributed by atoms with E-state index >= 15 is 0 Å². The van der Waals surface area contributed by atoms with Gasteiger partial charge in [0.15, 0.2) is 0 Å². The Morgan fingerprint density at radius 1 is 0.707 bits per heavy atom. The maximum atomic E-state index is 13.9. The number of rotatable bonds is 11. The highest BCUT2D eigenvalue weighted by atomic mass is 35.5. The van der Waals surface area contributed by atoms with Crippen molar-refractivity contribution in [1.29, 1.82) is 0 Å². The first-order valence-electron chi connectivity index (χ1n) is 19.5. The lowest BCUT2D eigenvalue weighted by Crippen LogP contribution is -2.52. The quantitative estimate of drug-likeness (QED) is 0.110. The highest BCUT2D eigenvalue weighted by Crippen LogP contribution is 2.40. The predicted molar refractivity (Wildman–Crippen MR) is 226 cm³/mol. The van der Waals surface area contributed by atoms with Crippen LogP contribution >= 0.6 is 23.2 Å². The molecule has 4 unspecified atom stereocenters. The number of hydrogen-bond acceptors (Lipinski definition) is 8. The summed E-state index contributed by atoms with van der Waals surface area (Å²) in [6, 6.07) is 14.6. The molecule has 4 aromatic rings. The van der Waals surface area contributed by atoms with Crippen LogP contribution in [0.25, 0.3) is 33.6 Å². The minimum absolute atomic E-state index is 0.141. The summed E-state index contributed by atoms with van der Waals surface area (Å²) in [5.41, 5.74) is 4.78. The molecule has 0 saturated carbocycles. The van der Waals surface area contributed by atoms with Gasteiger partial charge < -0.3 is 39.9 Å². The van der Waals surface area contributed by atoms with Crippen molar-refractivity contribution >= 4 is 55.3 Å². The number of hydrogen-bond donors (Lipinski definition) is 4. The number of aromatic amines is 2. The predicted octanol–water partition coefficient (Wildman–Crippen LogP) is 8.00. The summed E-state index contributed by atoms with van der Waals surface area (Å²) in [6.45, 7) is 12.6. The molecule has 2 aliphatic rings. The molecule has 0 bridgehead atoms. The highest BCUT2D eigenvalue weighted by Gasteiger charge is 2.46. The molecular formula is C41H52Cl2N8O6Si. The van der Waals surface area contributed by atoms with Crippen molar-refractivity contribution in [3.63, 3.8) is 0 Å². The fraction of sp³-hybridized carbons (Fsp3) is 0.463. The second-order valence-corrected chi connectivity index (χ2v) is 22.3. The number of carbonyl (C=O) groups is 4. The third-order valence-electron chi connectivity index (χ3n) is 11.0. The minimum atomic E-state index is -1.81. The third kappa shape index (κ3) is 9.06. The number of carbonyl (C=O) groups excluding carboxylic acids is 4. The van der Waals surface area contributed by atoms with Crippen LogP contribution in [0.1, 0.15) is 64.3 Å². The largest absolute Gasteiger partial charge is 0.453 e. The molecule has 14 nitrogen and oxygen atoms in total. The van der Waals surface area contributed by atoms with Crippen molar-refractivity contribution < 1.29 is 28.7 Å². The zero-order chi connectivity index (χ0) is 42.1. The van der Waals surface area contributed by atoms with Crippen molar-refractivity contribution in [2.24, 2.45) is 11.8 Å². The van der Waals surface area contributed by atoms with Gasteiger partial charge in [-0.15, -0.1) is 0 Å². The van der Waals surface area contributed by atoms with Gasteiger partial charge in [-0.25, -0.2) is 19.6 Å². The standard InChI is InChI=1S/C41H52Cl2N8O6Si/c1-22(2)30(46-40(54)56-5)38(52)50-19-9-10-28(50)36-44-32(34(42)48-36)26-15-11-24(12-16-26)25-13-17-27(18-14-25)33-35(43)49-37(45-33)29-20-58(7,8)21-51(29)39(53)31(23(3)4)47-41(55)57-6/h11-18,22-23,28-31H,9-10,19-21H2,1-8H3,(H,44,48)(H,45,49)(H,46,54)(H,47,55). The Labute approximate surface area is 349 Å². The Hall–Kier alpha value is -4.86. The Morgan fingerprint density at radius 2 is 1.12 bits per heavy atom. The summed E-state index contributed by atoms with van der Waals surface area (Å²) < 4.78 is 9.55. The number of halogens is 2. The van der Waals surface area contributed by atoms with E-state index in [-0.39, 0.29) is 35.7 Å². The molecule has 2 saturated heterocycles. The van der Waals surface area contributed by atoms with Gasteiger partial charge in [-0.3, -0.25) is 9.59 Å².